The summed E-state index contributed by atoms with van der Waals surface area (Å²) in [6.07, 6.45) is 0.313. The van der Waals surface area contributed by atoms with E-state index in [0.29, 0.717) is 18.0 Å². The van der Waals surface area contributed by atoms with Gasteiger partial charge < -0.3 is 10.2 Å². The monoisotopic (exact) mass is 380 g/mol. The normalized spacial score (nSPS) is 17.0. The van der Waals surface area contributed by atoms with Gasteiger partial charge in [0.05, 0.1) is 10.6 Å². The molecular formula is C18H15Cl2FN2O2. The Balaban J connectivity index is 1.62. The maximum atomic E-state index is 13.8. The average Bonchev–Trinajstić information content (AvgIpc) is 2.94. The van der Waals surface area contributed by atoms with E-state index in [2.05, 4.69) is 5.32 Å². The lowest BCUT2D eigenvalue weighted by atomic mass is 10.1. The topological polar surface area (TPSA) is 49.4 Å². The van der Waals surface area contributed by atoms with Crippen LogP contribution < -0.4 is 10.2 Å². The Morgan fingerprint density at radius 1 is 1.20 bits per heavy atom. The third kappa shape index (κ3) is 3.94. The minimum Gasteiger partial charge on any atom is -0.352 e. The lowest BCUT2D eigenvalue weighted by Crippen LogP contribution is -2.31. The molecule has 1 atom stereocenters. The predicted octanol–water partition coefficient (Wildman–Crippen LogP) is 3.92. The molecule has 0 aromatic heterocycles. The van der Waals surface area contributed by atoms with Crippen molar-refractivity contribution in [1.29, 1.82) is 0 Å². The first-order chi connectivity index (χ1) is 12.0. The van der Waals surface area contributed by atoms with Crippen molar-refractivity contribution in [2.75, 3.05) is 18.0 Å². The quantitative estimate of drug-likeness (QED) is 0.873. The van der Waals surface area contributed by atoms with Gasteiger partial charge in [0, 0.05) is 36.1 Å². The largest absolute Gasteiger partial charge is 0.352 e. The molecule has 1 aliphatic heterocycles. The molecule has 2 aromatic carbocycles. The molecule has 7 heteroatoms. The molecule has 4 nitrogen and oxygen atoms in total. The molecule has 1 N–H and O–H groups in total. The van der Waals surface area contributed by atoms with E-state index in [9.17, 15) is 14.0 Å². The molecule has 1 aliphatic rings. The van der Waals surface area contributed by atoms with Crippen LogP contribution in [0, 0.1) is 11.7 Å². The highest BCUT2D eigenvalue weighted by Crippen LogP contribution is 2.26. The number of rotatable bonds is 4. The molecule has 25 heavy (non-hydrogen) atoms. The fourth-order valence-electron chi connectivity index (χ4n) is 2.83. The zero-order chi connectivity index (χ0) is 18.0. The molecule has 0 aliphatic carbocycles. The number of amides is 2. The fourth-order valence-corrected chi connectivity index (χ4v) is 3.20. The summed E-state index contributed by atoms with van der Waals surface area (Å²) in [5.41, 5.74) is 0.587. The van der Waals surface area contributed by atoms with Crippen molar-refractivity contribution >= 4 is 40.7 Å². The van der Waals surface area contributed by atoms with Crippen LogP contribution in [0.1, 0.15) is 16.8 Å². The summed E-state index contributed by atoms with van der Waals surface area (Å²) in [5, 5.41) is 3.32. The van der Waals surface area contributed by atoms with Gasteiger partial charge in [-0.25, -0.2) is 4.39 Å². The first-order valence-corrected chi connectivity index (χ1v) is 8.49. The van der Waals surface area contributed by atoms with Gasteiger partial charge in [-0.2, -0.15) is 0 Å². The van der Waals surface area contributed by atoms with E-state index >= 15 is 0 Å². The molecule has 130 valence electrons. The highest BCUT2D eigenvalue weighted by molar-refractivity contribution is 6.33. The zero-order valence-corrected chi connectivity index (χ0v) is 14.6. The molecule has 0 saturated carbocycles. The van der Waals surface area contributed by atoms with Crippen molar-refractivity contribution in [2.24, 2.45) is 5.92 Å². The molecule has 0 spiro atoms. The second kappa shape index (κ2) is 7.42. The first kappa shape index (κ1) is 17.7. The Bertz CT molecular complexity index is 791. The van der Waals surface area contributed by atoms with Crippen LogP contribution in [0.2, 0.25) is 10.0 Å². The van der Waals surface area contributed by atoms with Crippen LogP contribution in [0.25, 0.3) is 0 Å². The molecule has 0 bridgehead atoms. The van der Waals surface area contributed by atoms with Crippen molar-refractivity contribution in [3.05, 3.63) is 63.9 Å². The van der Waals surface area contributed by atoms with Crippen molar-refractivity contribution in [1.82, 2.24) is 5.32 Å². The lowest BCUT2D eigenvalue weighted by molar-refractivity contribution is -0.117. The first-order valence-electron chi connectivity index (χ1n) is 7.74. The van der Waals surface area contributed by atoms with Gasteiger partial charge in [0.15, 0.2) is 0 Å². The van der Waals surface area contributed by atoms with Gasteiger partial charge in [0.1, 0.15) is 5.82 Å². The Morgan fingerprint density at radius 3 is 2.60 bits per heavy atom. The van der Waals surface area contributed by atoms with E-state index < -0.39 is 11.7 Å². The van der Waals surface area contributed by atoms with Crippen molar-refractivity contribution < 1.29 is 14.0 Å². The predicted molar refractivity (Wildman–Crippen MR) is 95.7 cm³/mol. The smallest absolute Gasteiger partial charge is 0.255 e. The summed E-state index contributed by atoms with van der Waals surface area (Å²) in [5.74, 6) is -1.33. The summed E-state index contributed by atoms with van der Waals surface area (Å²) >= 11 is 11.7. The van der Waals surface area contributed by atoms with Gasteiger partial charge in [0.2, 0.25) is 5.91 Å². The van der Waals surface area contributed by atoms with Crippen LogP contribution in [-0.4, -0.2) is 24.9 Å². The summed E-state index contributed by atoms with van der Waals surface area (Å²) in [4.78, 5) is 26.0. The maximum absolute atomic E-state index is 13.8. The minimum atomic E-state index is -0.671. The molecular weight excluding hydrogens is 366 g/mol. The van der Waals surface area contributed by atoms with Crippen LogP contribution >= 0.6 is 23.2 Å². The van der Waals surface area contributed by atoms with Gasteiger partial charge in [-0.05, 0) is 36.4 Å². The third-order valence-electron chi connectivity index (χ3n) is 4.08. The van der Waals surface area contributed by atoms with Gasteiger partial charge in [0.25, 0.3) is 5.91 Å². The number of nitrogens with one attached hydrogen (secondary N) is 1. The van der Waals surface area contributed by atoms with Crippen molar-refractivity contribution in [2.45, 2.75) is 6.42 Å². The lowest BCUT2D eigenvalue weighted by Gasteiger charge is -2.17. The molecule has 2 amide bonds. The van der Waals surface area contributed by atoms with Crippen LogP contribution in [0.5, 0.6) is 0 Å². The van der Waals surface area contributed by atoms with E-state index in [0.717, 1.165) is 5.69 Å². The molecule has 1 saturated heterocycles. The van der Waals surface area contributed by atoms with Gasteiger partial charge in [-0.1, -0.05) is 29.3 Å². The molecule has 2 aromatic rings. The number of halogens is 3. The van der Waals surface area contributed by atoms with Crippen LogP contribution in [0.15, 0.2) is 42.5 Å². The number of benzene rings is 2. The summed E-state index contributed by atoms with van der Waals surface area (Å²) in [6, 6.07) is 11.1. The number of nitrogens with zero attached hydrogens (tertiary/aromatic N) is 1. The Morgan fingerprint density at radius 2 is 1.92 bits per heavy atom. The standard InChI is InChI=1S/C18H15Cl2FN2O2/c19-12-4-6-13(7-5-12)23-10-11(8-16(23)24)9-22-18(25)17-14(20)2-1-3-15(17)21/h1-7,11H,8-10H2,(H,22,25). The summed E-state index contributed by atoms with van der Waals surface area (Å²) in [7, 11) is 0. The van der Waals surface area contributed by atoms with Crippen molar-refractivity contribution in [3.8, 4) is 0 Å². The van der Waals surface area contributed by atoms with Crippen molar-refractivity contribution in [3.63, 3.8) is 0 Å². The zero-order valence-electron chi connectivity index (χ0n) is 13.1. The third-order valence-corrected chi connectivity index (χ3v) is 4.65. The van der Waals surface area contributed by atoms with Gasteiger partial charge in [-0.15, -0.1) is 0 Å². The number of hydrogen-bond donors (Lipinski definition) is 1. The van der Waals surface area contributed by atoms with Crippen LogP contribution in [-0.2, 0) is 4.79 Å². The second-order valence-electron chi connectivity index (χ2n) is 5.86. The van der Waals surface area contributed by atoms with Gasteiger partial charge in [-0.3, -0.25) is 9.59 Å². The van der Waals surface area contributed by atoms with E-state index in [1.165, 1.54) is 18.2 Å². The van der Waals surface area contributed by atoms with Crippen LogP contribution in [0.4, 0.5) is 10.1 Å². The second-order valence-corrected chi connectivity index (χ2v) is 6.70. The maximum Gasteiger partial charge on any atom is 0.255 e. The highest BCUT2D eigenvalue weighted by atomic mass is 35.5. The fraction of sp³-hybridized carbons (Fsp3) is 0.222. The van der Waals surface area contributed by atoms with E-state index in [4.69, 9.17) is 23.2 Å². The Kier molecular flexibility index (Phi) is 5.25. The average molecular weight is 381 g/mol. The number of carbonyl (C=O) groups is 2. The van der Waals surface area contributed by atoms with E-state index in [-0.39, 0.29) is 29.0 Å². The Labute approximate surface area is 154 Å². The SMILES string of the molecule is O=C(NCC1CC(=O)N(c2ccc(Cl)cc2)C1)c1c(F)cccc1Cl. The summed E-state index contributed by atoms with van der Waals surface area (Å²) in [6.45, 7) is 0.741. The highest BCUT2D eigenvalue weighted by Gasteiger charge is 2.31. The molecule has 1 fully saturated rings. The van der Waals surface area contributed by atoms with Gasteiger partial charge >= 0.3 is 0 Å². The minimum absolute atomic E-state index is 0.0227. The molecule has 1 heterocycles. The van der Waals surface area contributed by atoms with E-state index in [1.807, 2.05) is 0 Å². The number of anilines is 1. The Hall–Kier alpha value is -2.11. The number of hydrogen-bond acceptors (Lipinski definition) is 2. The van der Waals surface area contributed by atoms with Crippen LogP contribution in [0.3, 0.4) is 0 Å². The molecule has 1 unspecified atom stereocenters. The summed E-state index contributed by atoms with van der Waals surface area (Å²) < 4.78 is 13.8. The van der Waals surface area contributed by atoms with E-state index in [1.54, 1.807) is 29.2 Å². The number of carbonyl (C=O) groups excluding carboxylic acids is 2. The molecule has 0 radical (unpaired) electrons. The molecule has 3 rings (SSSR count).